The van der Waals surface area contributed by atoms with E-state index in [1.54, 1.807) is 12.4 Å². The molecule has 3 rings (SSSR count). The van der Waals surface area contributed by atoms with Gasteiger partial charge in [-0.05, 0) is 18.2 Å². The molecule has 1 aromatic carbocycles. The zero-order valence-electron chi connectivity index (χ0n) is 9.89. The maximum atomic E-state index is 8.94. The molecule has 0 spiro atoms. The Morgan fingerprint density at radius 1 is 1.21 bits per heavy atom. The summed E-state index contributed by atoms with van der Waals surface area (Å²) in [4.78, 5) is 12.5. The fraction of sp³-hybridized carbons (Fsp3) is 0.167. The third-order valence-electron chi connectivity index (χ3n) is 2.68. The van der Waals surface area contributed by atoms with Crippen LogP contribution in [-0.2, 0) is 0 Å². The molecule has 0 amide bonds. The average Bonchev–Trinajstić information content (AvgIpc) is 2.95. The van der Waals surface area contributed by atoms with Gasteiger partial charge in [0.1, 0.15) is 6.04 Å². The maximum Gasteiger partial charge on any atom is 0.246 e. The Bertz CT molecular complexity index is 712. The van der Waals surface area contributed by atoms with Gasteiger partial charge in [-0.25, -0.2) is 0 Å². The van der Waals surface area contributed by atoms with Crippen LogP contribution >= 0.6 is 0 Å². The molecular weight excluding hydrogens is 246 g/mol. The van der Waals surface area contributed by atoms with Crippen LogP contribution in [0.3, 0.4) is 0 Å². The zero-order valence-corrected chi connectivity index (χ0v) is 9.89. The van der Waals surface area contributed by atoms with Crippen LogP contribution in [0.2, 0.25) is 0 Å². The Morgan fingerprint density at radius 2 is 2.00 bits per heavy atom. The predicted octanol–water partition coefficient (Wildman–Crippen LogP) is 0.672. The SMILES string of the molecule is N[C@H](CO)c1nc(-c2ccc3nccnc3c2)no1. The van der Waals surface area contributed by atoms with E-state index in [9.17, 15) is 0 Å². The van der Waals surface area contributed by atoms with E-state index in [0.717, 1.165) is 16.6 Å². The number of nitrogens with zero attached hydrogens (tertiary/aromatic N) is 4. The highest BCUT2D eigenvalue weighted by Crippen LogP contribution is 2.21. The first-order valence-corrected chi connectivity index (χ1v) is 5.69. The molecule has 0 saturated carbocycles. The molecule has 2 heterocycles. The molecule has 0 aliphatic heterocycles. The molecule has 7 heteroatoms. The summed E-state index contributed by atoms with van der Waals surface area (Å²) in [5, 5.41) is 12.8. The molecule has 1 atom stereocenters. The lowest BCUT2D eigenvalue weighted by molar-refractivity contribution is 0.237. The molecule has 3 N–H and O–H groups in total. The summed E-state index contributed by atoms with van der Waals surface area (Å²) >= 11 is 0. The average molecular weight is 257 g/mol. The van der Waals surface area contributed by atoms with E-state index in [1.807, 2.05) is 18.2 Å². The molecule has 0 unspecified atom stereocenters. The number of nitrogens with two attached hydrogens (primary N) is 1. The van der Waals surface area contributed by atoms with Crippen molar-refractivity contribution >= 4 is 11.0 Å². The van der Waals surface area contributed by atoms with Crippen molar-refractivity contribution < 1.29 is 9.63 Å². The number of benzene rings is 1. The van der Waals surface area contributed by atoms with Gasteiger partial charge in [0.05, 0.1) is 17.6 Å². The lowest BCUT2D eigenvalue weighted by atomic mass is 10.2. The van der Waals surface area contributed by atoms with Crippen molar-refractivity contribution in [2.24, 2.45) is 5.73 Å². The van der Waals surface area contributed by atoms with Crippen LogP contribution in [0.4, 0.5) is 0 Å². The smallest absolute Gasteiger partial charge is 0.246 e. The number of aliphatic hydroxyl groups is 1. The van der Waals surface area contributed by atoms with E-state index < -0.39 is 6.04 Å². The summed E-state index contributed by atoms with van der Waals surface area (Å²) in [6, 6.07) is 4.82. The van der Waals surface area contributed by atoms with Gasteiger partial charge in [-0.15, -0.1) is 0 Å². The van der Waals surface area contributed by atoms with Crippen molar-refractivity contribution in [2.75, 3.05) is 6.61 Å². The number of fused-ring (bicyclic) bond motifs is 1. The molecule has 0 fully saturated rings. The highest BCUT2D eigenvalue weighted by molar-refractivity contribution is 5.79. The Labute approximate surface area is 108 Å². The van der Waals surface area contributed by atoms with Gasteiger partial charge in [0.2, 0.25) is 11.7 Å². The molecule has 0 saturated heterocycles. The predicted molar refractivity (Wildman–Crippen MR) is 66.8 cm³/mol. The minimum atomic E-state index is -0.665. The van der Waals surface area contributed by atoms with Crippen molar-refractivity contribution in [1.82, 2.24) is 20.1 Å². The molecular formula is C12H11N5O2. The first-order valence-electron chi connectivity index (χ1n) is 5.69. The number of aromatic nitrogens is 4. The van der Waals surface area contributed by atoms with E-state index in [4.69, 9.17) is 15.4 Å². The van der Waals surface area contributed by atoms with Crippen LogP contribution in [0, 0.1) is 0 Å². The molecule has 0 radical (unpaired) electrons. The van der Waals surface area contributed by atoms with Gasteiger partial charge >= 0.3 is 0 Å². The molecule has 19 heavy (non-hydrogen) atoms. The van der Waals surface area contributed by atoms with Crippen molar-refractivity contribution in [1.29, 1.82) is 0 Å². The summed E-state index contributed by atoms with van der Waals surface area (Å²) in [5.74, 6) is 0.614. The van der Waals surface area contributed by atoms with Crippen LogP contribution in [-0.4, -0.2) is 31.8 Å². The summed E-state index contributed by atoms with van der Waals surface area (Å²) in [6.45, 7) is -0.245. The summed E-state index contributed by atoms with van der Waals surface area (Å²) in [5.41, 5.74) is 7.91. The second kappa shape index (κ2) is 4.71. The summed E-state index contributed by atoms with van der Waals surface area (Å²) in [7, 11) is 0. The molecule has 0 aliphatic carbocycles. The molecule has 0 aliphatic rings. The van der Waals surface area contributed by atoms with E-state index in [1.165, 1.54) is 0 Å². The normalized spacial score (nSPS) is 12.7. The van der Waals surface area contributed by atoms with Gasteiger partial charge in [-0.3, -0.25) is 9.97 Å². The van der Waals surface area contributed by atoms with Crippen molar-refractivity contribution in [2.45, 2.75) is 6.04 Å². The van der Waals surface area contributed by atoms with Gasteiger partial charge in [-0.2, -0.15) is 4.98 Å². The topological polar surface area (TPSA) is 111 Å². The minimum Gasteiger partial charge on any atom is -0.394 e. The quantitative estimate of drug-likeness (QED) is 0.709. The third-order valence-corrected chi connectivity index (χ3v) is 2.68. The van der Waals surface area contributed by atoms with Crippen molar-refractivity contribution in [3.8, 4) is 11.4 Å². The molecule has 3 aromatic rings. The molecule has 7 nitrogen and oxygen atoms in total. The second-order valence-electron chi connectivity index (χ2n) is 4.01. The summed E-state index contributed by atoms with van der Waals surface area (Å²) in [6.07, 6.45) is 3.25. The van der Waals surface area contributed by atoms with Crippen molar-refractivity contribution in [3.05, 3.63) is 36.5 Å². The molecule has 2 aromatic heterocycles. The Kier molecular flexibility index (Phi) is 2.90. The largest absolute Gasteiger partial charge is 0.394 e. The van der Waals surface area contributed by atoms with Gasteiger partial charge < -0.3 is 15.4 Å². The number of rotatable bonds is 3. The van der Waals surface area contributed by atoms with E-state index >= 15 is 0 Å². The summed E-state index contributed by atoms with van der Waals surface area (Å²) < 4.78 is 5.00. The highest BCUT2D eigenvalue weighted by atomic mass is 16.5. The Balaban J connectivity index is 2.01. The number of aliphatic hydroxyl groups excluding tert-OH is 1. The Morgan fingerprint density at radius 3 is 2.79 bits per heavy atom. The maximum absolute atomic E-state index is 8.94. The fourth-order valence-corrected chi connectivity index (χ4v) is 1.68. The van der Waals surface area contributed by atoms with Gasteiger partial charge in [0, 0.05) is 18.0 Å². The monoisotopic (exact) mass is 257 g/mol. The van der Waals surface area contributed by atoms with Gasteiger partial charge in [0.15, 0.2) is 0 Å². The van der Waals surface area contributed by atoms with Crippen LogP contribution in [0.5, 0.6) is 0 Å². The molecule has 0 bridgehead atoms. The fourth-order valence-electron chi connectivity index (χ4n) is 1.68. The third kappa shape index (κ3) is 2.16. The minimum absolute atomic E-state index is 0.205. The first-order chi connectivity index (χ1) is 9.28. The van der Waals surface area contributed by atoms with Crippen LogP contribution in [0.15, 0.2) is 35.1 Å². The Hall–Kier alpha value is -2.38. The molecule has 96 valence electrons. The van der Waals surface area contributed by atoms with Crippen LogP contribution in [0.25, 0.3) is 22.4 Å². The highest BCUT2D eigenvalue weighted by Gasteiger charge is 2.15. The van der Waals surface area contributed by atoms with Gasteiger partial charge in [0.25, 0.3) is 0 Å². The van der Waals surface area contributed by atoms with Crippen molar-refractivity contribution in [3.63, 3.8) is 0 Å². The second-order valence-corrected chi connectivity index (χ2v) is 4.01. The van der Waals surface area contributed by atoms with Crippen LogP contribution < -0.4 is 5.73 Å². The lowest BCUT2D eigenvalue weighted by Crippen LogP contribution is -2.14. The zero-order chi connectivity index (χ0) is 13.2. The van der Waals surface area contributed by atoms with E-state index in [-0.39, 0.29) is 12.5 Å². The standard InChI is InChI=1S/C12H11N5O2/c13-8(6-18)12-16-11(17-19-12)7-1-2-9-10(5-7)15-4-3-14-9/h1-5,8,18H,6,13H2/t8-/m1/s1. The number of hydrogen-bond acceptors (Lipinski definition) is 7. The number of hydrogen-bond donors (Lipinski definition) is 2. The van der Waals surface area contributed by atoms with Crippen LogP contribution in [0.1, 0.15) is 11.9 Å². The first kappa shape index (κ1) is 11.7. The lowest BCUT2D eigenvalue weighted by Gasteiger charge is -1.99. The van der Waals surface area contributed by atoms with E-state index in [2.05, 4.69) is 20.1 Å². The van der Waals surface area contributed by atoms with E-state index in [0.29, 0.717) is 5.82 Å². The van der Waals surface area contributed by atoms with Gasteiger partial charge in [-0.1, -0.05) is 5.16 Å².